The molecule has 0 aromatic carbocycles. The molecule has 0 aliphatic heterocycles. The van der Waals surface area contributed by atoms with E-state index in [1.54, 1.807) is 11.3 Å². The van der Waals surface area contributed by atoms with Gasteiger partial charge in [0.1, 0.15) is 5.00 Å². The van der Waals surface area contributed by atoms with Crippen LogP contribution >= 0.6 is 11.3 Å². The third-order valence-electron chi connectivity index (χ3n) is 4.79. The molecule has 1 heterocycles. The van der Waals surface area contributed by atoms with Gasteiger partial charge in [0.25, 0.3) is 0 Å². The topological polar surface area (TPSA) is 52.3 Å². The molecule has 0 radical (unpaired) electrons. The van der Waals surface area contributed by atoms with Crippen LogP contribution in [0.15, 0.2) is 0 Å². The van der Waals surface area contributed by atoms with Crippen molar-refractivity contribution in [3.05, 3.63) is 16.0 Å². The van der Waals surface area contributed by atoms with Crippen molar-refractivity contribution in [1.82, 2.24) is 0 Å². The van der Waals surface area contributed by atoms with Gasteiger partial charge in [0.15, 0.2) is 0 Å². The summed E-state index contributed by atoms with van der Waals surface area (Å²) < 4.78 is 5.14. The molecule has 1 atom stereocenters. The van der Waals surface area contributed by atoms with Crippen LogP contribution in [0.25, 0.3) is 0 Å². The maximum Gasteiger partial charge on any atom is 0.341 e. The SMILES string of the molecule is CCOC(=O)c1c(N)sc2c1CC[C@H](C(C)(C)CC)C2. The lowest BCUT2D eigenvalue weighted by atomic mass is 9.69. The second-order valence-electron chi connectivity index (χ2n) is 6.25. The normalized spacial score (nSPS) is 18.7. The molecule has 1 aromatic heterocycles. The minimum absolute atomic E-state index is 0.254. The second kappa shape index (κ2) is 5.76. The number of hydrogen-bond donors (Lipinski definition) is 1. The zero-order valence-electron chi connectivity index (χ0n) is 12.9. The van der Waals surface area contributed by atoms with Crippen molar-refractivity contribution in [2.75, 3.05) is 12.3 Å². The van der Waals surface area contributed by atoms with Gasteiger partial charge in [-0.2, -0.15) is 0 Å². The van der Waals surface area contributed by atoms with Crippen molar-refractivity contribution in [3.8, 4) is 0 Å². The van der Waals surface area contributed by atoms with Crippen LogP contribution in [-0.2, 0) is 17.6 Å². The average Bonchev–Trinajstić information content (AvgIpc) is 2.73. The molecule has 2 N–H and O–H groups in total. The number of rotatable bonds is 4. The monoisotopic (exact) mass is 295 g/mol. The highest BCUT2D eigenvalue weighted by molar-refractivity contribution is 7.16. The van der Waals surface area contributed by atoms with Gasteiger partial charge in [-0.15, -0.1) is 11.3 Å². The number of carbonyl (C=O) groups is 1. The Morgan fingerprint density at radius 2 is 2.15 bits per heavy atom. The van der Waals surface area contributed by atoms with Gasteiger partial charge in [0, 0.05) is 4.88 Å². The lowest BCUT2D eigenvalue weighted by Gasteiger charge is -2.36. The summed E-state index contributed by atoms with van der Waals surface area (Å²) >= 11 is 1.58. The Morgan fingerprint density at radius 3 is 2.75 bits per heavy atom. The van der Waals surface area contributed by atoms with Crippen LogP contribution < -0.4 is 5.73 Å². The first kappa shape index (κ1) is 15.4. The van der Waals surface area contributed by atoms with E-state index in [2.05, 4.69) is 20.8 Å². The number of nitrogen functional groups attached to an aromatic ring is 1. The molecule has 1 aliphatic carbocycles. The van der Waals surface area contributed by atoms with Gasteiger partial charge in [-0.1, -0.05) is 27.2 Å². The summed E-state index contributed by atoms with van der Waals surface area (Å²) in [6, 6.07) is 0. The fourth-order valence-electron chi connectivity index (χ4n) is 2.99. The Bertz CT molecular complexity index is 505. The Hall–Kier alpha value is -1.03. The number of thiophene rings is 1. The van der Waals surface area contributed by atoms with Crippen LogP contribution in [0.2, 0.25) is 0 Å². The predicted molar refractivity (Wildman–Crippen MR) is 84.3 cm³/mol. The Kier molecular flexibility index (Phi) is 4.43. The van der Waals surface area contributed by atoms with Crippen molar-refractivity contribution >= 4 is 22.3 Å². The fraction of sp³-hybridized carbons (Fsp3) is 0.688. The average molecular weight is 295 g/mol. The van der Waals surface area contributed by atoms with E-state index >= 15 is 0 Å². The van der Waals surface area contributed by atoms with Crippen LogP contribution in [0, 0.1) is 11.3 Å². The quantitative estimate of drug-likeness (QED) is 0.853. The van der Waals surface area contributed by atoms with E-state index in [0.29, 0.717) is 28.5 Å². The zero-order chi connectivity index (χ0) is 14.9. The smallest absolute Gasteiger partial charge is 0.341 e. The van der Waals surface area contributed by atoms with E-state index in [1.807, 2.05) is 6.92 Å². The largest absolute Gasteiger partial charge is 0.462 e. The molecule has 4 heteroatoms. The lowest BCUT2D eigenvalue weighted by Crippen LogP contribution is -2.28. The van der Waals surface area contributed by atoms with E-state index in [9.17, 15) is 4.79 Å². The summed E-state index contributed by atoms with van der Waals surface area (Å²) in [5.74, 6) is 0.420. The van der Waals surface area contributed by atoms with Crippen LogP contribution in [0.5, 0.6) is 0 Å². The van der Waals surface area contributed by atoms with Gasteiger partial charge >= 0.3 is 5.97 Å². The van der Waals surface area contributed by atoms with Crippen LogP contribution in [0.4, 0.5) is 5.00 Å². The third-order valence-corrected chi connectivity index (χ3v) is 5.87. The summed E-state index contributed by atoms with van der Waals surface area (Å²) in [6.45, 7) is 9.15. The van der Waals surface area contributed by atoms with E-state index in [4.69, 9.17) is 10.5 Å². The number of carbonyl (C=O) groups excluding carboxylic acids is 1. The summed E-state index contributed by atoms with van der Waals surface area (Å²) in [5, 5.41) is 0.628. The van der Waals surface area contributed by atoms with Gasteiger partial charge in [-0.25, -0.2) is 4.79 Å². The van der Waals surface area contributed by atoms with Gasteiger partial charge in [0.2, 0.25) is 0 Å². The number of hydrogen-bond acceptors (Lipinski definition) is 4. The summed E-state index contributed by atoms with van der Waals surface area (Å²) in [6.07, 6.45) is 4.31. The molecule has 0 spiro atoms. The molecule has 1 aromatic rings. The number of esters is 1. The van der Waals surface area contributed by atoms with Crippen LogP contribution in [0.1, 0.15) is 61.3 Å². The van der Waals surface area contributed by atoms with Crippen LogP contribution in [0.3, 0.4) is 0 Å². The van der Waals surface area contributed by atoms with Crippen molar-refractivity contribution in [1.29, 1.82) is 0 Å². The van der Waals surface area contributed by atoms with Gasteiger partial charge in [-0.3, -0.25) is 0 Å². The third kappa shape index (κ3) is 2.71. The van der Waals surface area contributed by atoms with Gasteiger partial charge in [0.05, 0.1) is 12.2 Å². The molecule has 0 unspecified atom stereocenters. The van der Waals surface area contributed by atoms with E-state index in [-0.39, 0.29) is 5.97 Å². The molecule has 0 saturated carbocycles. The lowest BCUT2D eigenvalue weighted by molar-refractivity contribution is 0.0526. The number of fused-ring (bicyclic) bond motifs is 1. The maximum absolute atomic E-state index is 12.0. The van der Waals surface area contributed by atoms with Crippen molar-refractivity contribution in [3.63, 3.8) is 0 Å². The first-order valence-corrected chi connectivity index (χ1v) is 8.29. The highest BCUT2D eigenvalue weighted by Crippen LogP contribution is 2.44. The molecule has 0 bridgehead atoms. The van der Waals surface area contributed by atoms with Crippen LogP contribution in [-0.4, -0.2) is 12.6 Å². The summed E-state index contributed by atoms with van der Waals surface area (Å²) in [5.41, 5.74) is 8.19. The highest BCUT2D eigenvalue weighted by atomic mass is 32.1. The summed E-state index contributed by atoms with van der Waals surface area (Å²) in [4.78, 5) is 13.3. The fourth-order valence-corrected chi connectivity index (χ4v) is 4.18. The van der Waals surface area contributed by atoms with Crippen molar-refractivity contribution in [2.24, 2.45) is 11.3 Å². The number of nitrogens with two attached hydrogens (primary N) is 1. The molecule has 20 heavy (non-hydrogen) atoms. The Labute approximate surface area is 125 Å². The molecule has 0 amide bonds. The van der Waals surface area contributed by atoms with Crippen molar-refractivity contribution < 1.29 is 9.53 Å². The maximum atomic E-state index is 12.0. The molecular formula is C16H25NO2S. The second-order valence-corrected chi connectivity index (χ2v) is 7.38. The number of anilines is 1. The van der Waals surface area contributed by atoms with Gasteiger partial charge < -0.3 is 10.5 Å². The van der Waals surface area contributed by atoms with E-state index in [1.165, 1.54) is 11.3 Å². The highest BCUT2D eigenvalue weighted by Gasteiger charge is 2.34. The minimum atomic E-state index is -0.254. The standard InChI is InChI=1S/C16H25NO2S/c1-5-16(3,4)10-7-8-11-12(9-10)20-14(17)13(11)15(18)19-6-2/h10H,5-9,17H2,1-4H3/t10-/m0/s1. The zero-order valence-corrected chi connectivity index (χ0v) is 13.7. The first-order valence-electron chi connectivity index (χ1n) is 7.47. The van der Waals surface area contributed by atoms with E-state index < -0.39 is 0 Å². The molecule has 3 nitrogen and oxygen atoms in total. The Balaban J connectivity index is 2.28. The minimum Gasteiger partial charge on any atom is -0.462 e. The van der Waals surface area contributed by atoms with E-state index in [0.717, 1.165) is 24.8 Å². The first-order chi connectivity index (χ1) is 9.40. The molecule has 0 saturated heterocycles. The molecule has 1 aliphatic rings. The number of ether oxygens (including phenoxy) is 1. The predicted octanol–water partition coefficient (Wildman–Crippen LogP) is 4.05. The van der Waals surface area contributed by atoms with Crippen molar-refractivity contribution in [2.45, 2.75) is 53.4 Å². The van der Waals surface area contributed by atoms with Gasteiger partial charge in [-0.05, 0) is 43.1 Å². The molecule has 0 fully saturated rings. The Morgan fingerprint density at radius 1 is 1.45 bits per heavy atom. The summed E-state index contributed by atoms with van der Waals surface area (Å²) in [7, 11) is 0. The molecular weight excluding hydrogens is 270 g/mol. The molecule has 2 rings (SSSR count). The molecule has 112 valence electrons.